The topological polar surface area (TPSA) is 655 Å². The van der Waals surface area contributed by atoms with Crippen LogP contribution >= 0.6 is 144 Å². The summed E-state index contributed by atoms with van der Waals surface area (Å²) in [5.41, 5.74) is 14.6. The number of aromatic carboxylic acids is 1. The van der Waals surface area contributed by atoms with Crippen molar-refractivity contribution in [2.45, 2.75) is 41.1 Å². The van der Waals surface area contributed by atoms with E-state index >= 15 is 0 Å². The van der Waals surface area contributed by atoms with Crippen LogP contribution in [0.5, 0.6) is 11.5 Å². The van der Waals surface area contributed by atoms with Crippen molar-refractivity contribution in [1.29, 1.82) is 0 Å². The number of aromatic hydroxyl groups is 2. The Hall–Kier alpha value is -9.82. The number of rotatable bonds is 13. The van der Waals surface area contributed by atoms with Gasteiger partial charge in [0.15, 0.2) is 63.7 Å². The number of piperazine rings is 2. The zero-order valence-electron chi connectivity index (χ0n) is 78.9. The second-order valence-corrected chi connectivity index (χ2v) is 40.7. The number of halogens is 12. The van der Waals surface area contributed by atoms with Gasteiger partial charge < -0.3 is 98.7 Å². The van der Waals surface area contributed by atoms with Crippen LogP contribution in [0.4, 0.5) is 22.9 Å². The van der Waals surface area contributed by atoms with Crippen LogP contribution in [0.25, 0.3) is 98.7 Å². The number of carboxylic acids is 1. The number of hydrogen-bond acceptors (Lipinski definition) is 38. The summed E-state index contributed by atoms with van der Waals surface area (Å²) in [6.45, 7) is 22.6. The van der Waals surface area contributed by atoms with Gasteiger partial charge in [0.1, 0.15) is 16.1 Å². The number of nitrogens with one attached hydrogen (secondary N) is 5. The molecule has 0 aliphatic carbocycles. The Balaban J connectivity index is 0.000000340. The van der Waals surface area contributed by atoms with Gasteiger partial charge in [0.2, 0.25) is 5.75 Å². The molecular weight excluding hydrogens is 2290 g/mol. The number of nitro groups is 2. The van der Waals surface area contributed by atoms with Gasteiger partial charge in [0.05, 0.1) is 55.6 Å². The molecule has 0 spiro atoms. The number of oxazole rings is 3. The number of benzene rings is 7. The molecule has 16 aromatic rings. The first-order chi connectivity index (χ1) is 69.6. The fourth-order valence-electron chi connectivity index (χ4n) is 11.9. The fourth-order valence-corrected chi connectivity index (χ4v) is 13.3. The van der Waals surface area contributed by atoms with E-state index < -0.39 is 85.8 Å². The maximum absolute atomic E-state index is 11.5. The van der Waals surface area contributed by atoms with Crippen molar-refractivity contribution in [3.8, 4) is 11.5 Å². The average Bonchev–Trinajstić information content (AvgIpc) is 1.67. The van der Waals surface area contributed by atoms with E-state index in [4.69, 9.17) is 164 Å². The fraction of sp³-hybridized carbons (Fsp3) is 0.244. The molecule has 18 rings (SSSR count). The molecule has 13 N–H and O–H groups in total. The molecule has 0 unspecified atom stereocenters. The van der Waals surface area contributed by atoms with Crippen LogP contribution < -0.4 is 49.7 Å². The van der Waals surface area contributed by atoms with Gasteiger partial charge in [-0.25, -0.2) is 39.3 Å². The van der Waals surface area contributed by atoms with E-state index in [1.807, 2.05) is 39.0 Å². The summed E-state index contributed by atoms with van der Waals surface area (Å²) in [6, 6.07) is 34.2. The molecule has 0 bridgehead atoms. The maximum atomic E-state index is 11.5. The van der Waals surface area contributed by atoms with Gasteiger partial charge >= 0.3 is 102 Å². The predicted octanol–water partition coefficient (Wildman–Crippen LogP) is 17.5. The molecule has 62 heteroatoms. The zero-order valence-corrected chi connectivity index (χ0v) is 94.5. The summed E-state index contributed by atoms with van der Waals surface area (Å²) in [4.78, 5) is 131. The summed E-state index contributed by atoms with van der Waals surface area (Å²) in [6.07, 6.45) is 4.07. The number of pyridine rings is 5. The van der Waals surface area contributed by atoms with E-state index in [9.17, 15) is 63.8 Å². The number of aliphatic hydroxyl groups is 1. The van der Waals surface area contributed by atoms with Gasteiger partial charge in [-0.15, -0.1) is 12.4 Å². The molecule has 0 saturated carbocycles. The third-order valence-corrected chi connectivity index (χ3v) is 21.0. The van der Waals surface area contributed by atoms with Crippen molar-refractivity contribution in [2.75, 3.05) is 116 Å². The Morgan fingerprint density at radius 1 is 0.541 bits per heavy atom. The summed E-state index contributed by atoms with van der Waals surface area (Å²) in [5, 5.41) is 62.8. The molecule has 0 atom stereocenters. The number of aromatic amines is 4. The number of likely N-dealkylation sites (N-methyl/N-ethyl adjacent to an activating group) is 2. The Morgan fingerprint density at radius 2 is 0.919 bits per heavy atom. The van der Waals surface area contributed by atoms with Crippen molar-refractivity contribution < 1.29 is 98.1 Å². The first-order valence-corrected chi connectivity index (χ1v) is 60.4. The molecular formula is C86H88Cl12N17Na2O28PS2. The molecule has 11 heterocycles. The Morgan fingerprint density at radius 3 is 1.35 bits per heavy atom. The van der Waals surface area contributed by atoms with Crippen LogP contribution in [0.1, 0.15) is 45.0 Å². The third-order valence-electron chi connectivity index (χ3n) is 18.3. The van der Waals surface area contributed by atoms with Gasteiger partial charge in [-0.3, -0.25) is 49.0 Å². The minimum atomic E-state index is -3.22. The summed E-state index contributed by atoms with van der Waals surface area (Å²) < 4.78 is 81.5. The van der Waals surface area contributed by atoms with Gasteiger partial charge in [-0.2, -0.15) is 21.7 Å². The third kappa shape index (κ3) is 42.4. The van der Waals surface area contributed by atoms with Crippen molar-refractivity contribution >= 4 is 334 Å². The summed E-state index contributed by atoms with van der Waals surface area (Å²) in [5.74, 6) is -2.43. The van der Waals surface area contributed by atoms with Gasteiger partial charge in [0, 0.05) is 153 Å². The molecule has 2 aliphatic rings. The second kappa shape index (κ2) is 66.1. The number of carboxylic acid groups (broad SMARTS) is 1. The number of nitrogens with two attached hydrogens (primary N) is 2. The van der Waals surface area contributed by atoms with E-state index in [1.54, 1.807) is 86.6 Å². The van der Waals surface area contributed by atoms with Gasteiger partial charge in [-0.05, 0) is 210 Å². The Bertz CT molecular complexity index is 7820. The van der Waals surface area contributed by atoms with Crippen molar-refractivity contribution in [3.05, 3.63) is 277 Å². The number of H-pyrrole nitrogens is 4. The van der Waals surface area contributed by atoms with Crippen molar-refractivity contribution in [2.24, 2.45) is 0 Å². The van der Waals surface area contributed by atoms with Crippen molar-refractivity contribution in [3.63, 3.8) is 0 Å². The number of fused-ring (bicyclic) bond motifs is 12. The summed E-state index contributed by atoms with van der Waals surface area (Å²) in [7, 11) is -1.61. The standard InChI is InChI=1S/C15H15ClN4O.C10H4Cl2N2O.C10H5ClN2O2.C9H5ClN2O4.C9H7ClN2O2.C8H4ClNO3.C7H6ClNO2.C7H16O3.C5H12N2.C4H7NO4.C2H6O.Cl3OP.ClH.2Na.O4S2/c1-19-4-6-20(7-5-19)15-13-14(21-9-17-13)11-8-10(16)2-3-12(11)18-15;11-5-1-2-7-6(3-5)9-8(10(12)14-7)13-4-15-9;11-5-1-2-7-6(3-5)9-8(10(14)13-7)12-4-15-9;10-4-1-2-6-5(3-4)8(13)7(12(15)16)9(14)11-6;10-4-1-2-6-5(3-4)8(13)7(11)9(14)12-6;9-4-1-2-6-5(3-4)7(11)13-8(12)10-6;8-4-1-2-6(9)5(3-4)7(10)11;1-4-8-7(9-5-2)10-6-3;1-7-4-2-6-3-5-7;1-3-8-9-4(2)5(6)7;1-2-3;1-5(2,3)4;;;;1-5(2)6(3)4/h2-3,8-9H,4-7H2,1H3;1-4H;1-4H,(H,13,14);1-3H,(H2,11,13,14);1-3H,11H2,(H2,12,13,14);1-3H,(H,10,12);1-3H,9H2,(H,10,11);7H,4-6H2,1-3H3;6H,2-5H2,1H3;2-3H2,1H3;3H,2H2,1H3;;1H;;;. The number of aliphatic hydroxyl groups excluding tert-OH is 1. The monoisotopic (exact) mass is 2370 g/mol. The normalized spacial score (nSPS) is 11.8. The quantitative estimate of drug-likeness (QED) is 0.00588. The van der Waals surface area contributed by atoms with Crippen LogP contribution in [0.2, 0.25) is 40.3 Å². The van der Waals surface area contributed by atoms with E-state index in [0.717, 1.165) is 83.4 Å². The van der Waals surface area contributed by atoms with Crippen LogP contribution in [0.3, 0.4) is 0 Å². The summed E-state index contributed by atoms with van der Waals surface area (Å²) >= 11 is 63.2. The zero-order chi connectivity index (χ0) is 110. The van der Waals surface area contributed by atoms with Crippen LogP contribution in [-0.4, -0.2) is 257 Å². The average molecular weight is 2370 g/mol. The molecule has 788 valence electrons. The van der Waals surface area contributed by atoms with E-state index in [0.29, 0.717) is 104 Å². The first kappa shape index (κ1) is 130. The predicted molar refractivity (Wildman–Crippen MR) is 577 cm³/mol. The first-order valence-electron chi connectivity index (χ1n) is 42.3. The molecule has 0 radical (unpaired) electrons. The minimum absolute atomic E-state index is 0. The molecule has 7 aromatic carbocycles. The molecule has 2 fully saturated rings. The number of aromatic nitrogens is 9. The molecule has 2 saturated heterocycles. The molecule has 148 heavy (non-hydrogen) atoms. The number of carbonyl (C=O) groups is 1. The van der Waals surface area contributed by atoms with Gasteiger partial charge in [-0.1, -0.05) is 92.8 Å². The van der Waals surface area contributed by atoms with Gasteiger partial charge in [0.25, 0.3) is 17.6 Å². The number of hydrogen-bond donors (Lipinski definition) is 11. The van der Waals surface area contributed by atoms with E-state index in [-0.39, 0.29) is 70.2 Å². The number of nitrogens with zero attached hydrogens (tertiary/aromatic N) is 10. The molecule has 2 aliphatic heterocycles. The number of anilines is 3. The van der Waals surface area contributed by atoms with Crippen LogP contribution in [-0.2, 0) is 47.1 Å². The number of nitrogen functional groups attached to an aromatic ring is 2. The van der Waals surface area contributed by atoms with E-state index in [1.165, 1.54) is 112 Å². The SMILES string of the molecule is C=C(OOCC)[N+](=O)[O-].CCO.CCOC(OCC)OCC.CN1CCN(c2nc3ccc(Cl)cc3c3ocnc23)CC1.CN1CCNCC1.Cl.Clc1ccc2nc(Cl)c3ncoc3c2c1.Nc1c(O)c2cc(Cl)ccc2[nH]c1=O.Nc1ccc(Cl)cc1C(=O)O.O=P(Cl)(Cl)Cl.O=S(=O)=S(=O)=O.O=c1[nH]c2ccc(Cl)cc2c(=O)o1.O=c1[nH]c2ccc(Cl)cc2c(O)c1[N+](=O)[O-].O=c1[nH]c2ccc(Cl)cc2c2ocnc12.[Na][Na]. The van der Waals surface area contributed by atoms with Crippen molar-refractivity contribution in [1.82, 2.24) is 60.0 Å². The second-order valence-electron chi connectivity index (χ2n) is 28.2. The Kier molecular flexibility index (Phi) is 58.3. The van der Waals surface area contributed by atoms with E-state index in [2.05, 4.69) is 128 Å². The molecule has 45 nitrogen and oxygen atoms in total. The Labute approximate surface area is 928 Å². The van der Waals surface area contributed by atoms with Crippen LogP contribution in [0.15, 0.2) is 201 Å². The molecule has 0 amide bonds. The number of ether oxygens (including phenoxy) is 3. The van der Waals surface area contributed by atoms with Crippen LogP contribution in [0, 0.1) is 20.2 Å². The molecule has 9 aromatic heterocycles.